The van der Waals surface area contributed by atoms with Crippen molar-refractivity contribution < 1.29 is 19.4 Å². The molecule has 1 N–H and O–H groups in total. The minimum absolute atomic E-state index is 0.104. The van der Waals surface area contributed by atoms with Gasteiger partial charge in [-0.15, -0.1) is 0 Å². The zero-order valence-corrected chi connectivity index (χ0v) is 24.8. The van der Waals surface area contributed by atoms with Gasteiger partial charge in [0.25, 0.3) is 5.56 Å². The van der Waals surface area contributed by atoms with E-state index in [-0.39, 0.29) is 23.6 Å². The molecule has 1 aliphatic carbocycles. The first kappa shape index (κ1) is 28.8. The minimum Gasteiger partial charge on any atom is -0.490 e. The Balaban J connectivity index is 1.49. The number of carboxylic acid groups (broad SMARTS) is 1. The fourth-order valence-corrected chi connectivity index (χ4v) is 5.68. The van der Waals surface area contributed by atoms with Crippen molar-refractivity contribution in [3.05, 3.63) is 97.0 Å². The summed E-state index contributed by atoms with van der Waals surface area (Å²) in [6.45, 7) is 2.33. The van der Waals surface area contributed by atoms with Gasteiger partial charge >= 0.3 is 5.97 Å². The molecule has 0 unspecified atom stereocenters. The Morgan fingerprint density at radius 1 is 1.15 bits per heavy atom. The maximum atomic E-state index is 13.6. The summed E-state index contributed by atoms with van der Waals surface area (Å²) in [5.41, 5.74) is 1.90. The molecule has 0 atom stereocenters. The molecule has 212 valence electrons. The number of nitrogens with zero attached hydrogens (tertiary/aromatic N) is 3. The zero-order valence-electron chi connectivity index (χ0n) is 22.5. The quantitative estimate of drug-likeness (QED) is 0.192. The second-order valence-electron chi connectivity index (χ2n) is 9.89. The van der Waals surface area contributed by atoms with E-state index < -0.39 is 5.97 Å². The van der Waals surface area contributed by atoms with E-state index in [9.17, 15) is 14.7 Å². The van der Waals surface area contributed by atoms with Crippen molar-refractivity contribution in [2.24, 2.45) is 5.10 Å². The highest BCUT2D eigenvalue weighted by molar-refractivity contribution is 9.10. The summed E-state index contributed by atoms with van der Waals surface area (Å²) >= 11 is 10.1. The highest BCUT2D eigenvalue weighted by atomic mass is 79.9. The van der Waals surface area contributed by atoms with Crippen LogP contribution in [0.4, 0.5) is 0 Å². The maximum Gasteiger partial charge on any atom is 0.335 e. The molecule has 1 fully saturated rings. The SMILES string of the molecule is CCOc1cc(C=Nn2c(C3CCCCC3)nc3ccc(Br)cc3c2=O)cc(Cl)c1OCc1cccc(C(=O)O)c1. The van der Waals surface area contributed by atoms with Crippen molar-refractivity contribution >= 4 is 50.6 Å². The molecule has 1 aliphatic rings. The van der Waals surface area contributed by atoms with E-state index in [0.717, 1.165) is 30.2 Å². The van der Waals surface area contributed by atoms with Gasteiger partial charge in [0.2, 0.25) is 0 Å². The van der Waals surface area contributed by atoms with Crippen LogP contribution in [0, 0.1) is 0 Å². The molecule has 5 rings (SSSR count). The van der Waals surface area contributed by atoms with Crippen LogP contribution in [0.15, 0.2) is 69.0 Å². The fraction of sp³-hybridized carbons (Fsp3) is 0.290. The Morgan fingerprint density at radius 3 is 2.71 bits per heavy atom. The molecular formula is C31H29BrClN3O5. The number of carboxylic acids is 1. The summed E-state index contributed by atoms with van der Waals surface area (Å²) in [5.74, 6) is 0.559. The van der Waals surface area contributed by atoms with Gasteiger partial charge in [-0.3, -0.25) is 4.79 Å². The van der Waals surface area contributed by atoms with Crippen LogP contribution < -0.4 is 15.0 Å². The van der Waals surface area contributed by atoms with E-state index in [4.69, 9.17) is 26.1 Å². The second kappa shape index (κ2) is 12.9. The van der Waals surface area contributed by atoms with E-state index in [1.807, 2.05) is 19.1 Å². The van der Waals surface area contributed by atoms with Gasteiger partial charge < -0.3 is 14.6 Å². The Bertz CT molecular complexity index is 1680. The monoisotopic (exact) mass is 637 g/mol. The maximum absolute atomic E-state index is 13.6. The van der Waals surface area contributed by atoms with Gasteiger partial charge in [0.05, 0.1) is 34.3 Å². The molecule has 1 saturated carbocycles. The molecule has 1 aromatic heterocycles. The molecule has 10 heteroatoms. The summed E-state index contributed by atoms with van der Waals surface area (Å²) in [7, 11) is 0. The topological polar surface area (TPSA) is 103 Å². The van der Waals surface area contributed by atoms with Crippen LogP contribution in [0.5, 0.6) is 11.5 Å². The van der Waals surface area contributed by atoms with Crippen LogP contribution in [-0.2, 0) is 6.61 Å². The Morgan fingerprint density at radius 2 is 1.95 bits per heavy atom. The Labute approximate surface area is 250 Å². The molecule has 1 heterocycles. The Hall–Kier alpha value is -3.69. The fourth-order valence-electron chi connectivity index (χ4n) is 5.04. The highest BCUT2D eigenvalue weighted by Crippen LogP contribution is 2.37. The number of hydrogen-bond donors (Lipinski definition) is 1. The van der Waals surface area contributed by atoms with Gasteiger partial charge in [0.15, 0.2) is 11.5 Å². The van der Waals surface area contributed by atoms with Crippen LogP contribution >= 0.6 is 27.5 Å². The first-order valence-electron chi connectivity index (χ1n) is 13.5. The van der Waals surface area contributed by atoms with Crippen LogP contribution in [0.3, 0.4) is 0 Å². The summed E-state index contributed by atoms with van der Waals surface area (Å²) in [4.78, 5) is 29.8. The summed E-state index contributed by atoms with van der Waals surface area (Å²) in [6, 6.07) is 15.5. The second-order valence-corrected chi connectivity index (χ2v) is 11.2. The number of rotatable bonds is 9. The summed E-state index contributed by atoms with van der Waals surface area (Å²) in [5, 5.41) is 14.7. The number of hydrogen-bond acceptors (Lipinski definition) is 6. The number of fused-ring (bicyclic) bond motifs is 1. The van der Waals surface area contributed by atoms with Gasteiger partial charge in [-0.1, -0.05) is 58.9 Å². The number of ether oxygens (including phenoxy) is 2. The largest absolute Gasteiger partial charge is 0.490 e. The third-order valence-electron chi connectivity index (χ3n) is 7.01. The van der Waals surface area contributed by atoms with E-state index in [1.54, 1.807) is 42.6 Å². The van der Waals surface area contributed by atoms with Crippen LogP contribution in [0.2, 0.25) is 5.02 Å². The van der Waals surface area contributed by atoms with Gasteiger partial charge in [-0.25, -0.2) is 9.78 Å². The number of aromatic nitrogens is 2. The molecule has 0 bridgehead atoms. The van der Waals surface area contributed by atoms with Gasteiger partial charge in [0, 0.05) is 10.4 Å². The first-order chi connectivity index (χ1) is 19.8. The standard InChI is InChI=1S/C31H29BrClN3O5/c1-2-40-27-15-20(14-25(33)28(27)41-18-19-7-6-10-22(13-19)31(38)39)17-34-36-29(21-8-4-3-5-9-21)35-26-12-11-23(32)16-24(26)30(36)37/h6-7,10-17,21H,2-5,8-9,18H2,1H3,(H,38,39). The van der Waals surface area contributed by atoms with Crippen LogP contribution in [0.25, 0.3) is 10.9 Å². The van der Waals surface area contributed by atoms with Crippen molar-refractivity contribution in [1.82, 2.24) is 9.66 Å². The number of benzene rings is 3. The normalized spacial score (nSPS) is 14.0. The summed E-state index contributed by atoms with van der Waals surface area (Å²) in [6.07, 6.45) is 6.88. The summed E-state index contributed by atoms with van der Waals surface area (Å²) < 4.78 is 14.0. The average molecular weight is 639 g/mol. The third-order valence-corrected chi connectivity index (χ3v) is 7.79. The molecule has 4 aromatic rings. The average Bonchev–Trinajstić information content (AvgIpc) is 2.97. The first-order valence-corrected chi connectivity index (χ1v) is 14.7. The van der Waals surface area contributed by atoms with Crippen molar-refractivity contribution in [1.29, 1.82) is 0 Å². The van der Waals surface area contributed by atoms with Gasteiger partial charge in [-0.2, -0.15) is 9.78 Å². The molecule has 0 radical (unpaired) electrons. The molecule has 0 amide bonds. The predicted molar refractivity (Wildman–Crippen MR) is 163 cm³/mol. The van der Waals surface area contributed by atoms with Crippen molar-refractivity contribution in [3.8, 4) is 11.5 Å². The van der Waals surface area contributed by atoms with E-state index >= 15 is 0 Å². The smallest absolute Gasteiger partial charge is 0.335 e. The molecule has 41 heavy (non-hydrogen) atoms. The molecular weight excluding hydrogens is 610 g/mol. The lowest BCUT2D eigenvalue weighted by Crippen LogP contribution is -2.25. The van der Waals surface area contributed by atoms with Gasteiger partial charge in [0.1, 0.15) is 12.4 Å². The van der Waals surface area contributed by atoms with Crippen molar-refractivity contribution in [2.75, 3.05) is 6.61 Å². The number of carbonyl (C=O) groups is 1. The van der Waals surface area contributed by atoms with Crippen molar-refractivity contribution in [2.45, 2.75) is 51.6 Å². The Kier molecular flexibility index (Phi) is 9.05. The zero-order chi connectivity index (χ0) is 28.9. The molecule has 3 aromatic carbocycles. The van der Waals surface area contributed by atoms with Crippen LogP contribution in [-0.4, -0.2) is 33.6 Å². The number of aromatic carboxylic acids is 1. The van der Waals surface area contributed by atoms with E-state index in [1.165, 1.54) is 17.2 Å². The molecule has 0 spiro atoms. The lowest BCUT2D eigenvalue weighted by atomic mass is 9.88. The predicted octanol–water partition coefficient (Wildman–Crippen LogP) is 7.42. The third kappa shape index (κ3) is 6.63. The van der Waals surface area contributed by atoms with E-state index in [0.29, 0.717) is 51.0 Å². The lowest BCUT2D eigenvalue weighted by Gasteiger charge is -2.22. The van der Waals surface area contributed by atoms with Gasteiger partial charge in [-0.05, 0) is 73.4 Å². The lowest BCUT2D eigenvalue weighted by molar-refractivity contribution is 0.0696. The molecule has 0 saturated heterocycles. The van der Waals surface area contributed by atoms with Crippen molar-refractivity contribution in [3.63, 3.8) is 0 Å². The highest BCUT2D eigenvalue weighted by Gasteiger charge is 2.23. The minimum atomic E-state index is -1.01. The molecule has 8 nitrogen and oxygen atoms in total. The van der Waals surface area contributed by atoms with E-state index in [2.05, 4.69) is 21.0 Å². The molecule has 0 aliphatic heterocycles. The van der Waals surface area contributed by atoms with Crippen LogP contribution in [0.1, 0.15) is 72.3 Å². The number of halogens is 2.